The monoisotopic (exact) mass is 374 g/mol. The van der Waals surface area contributed by atoms with Crippen molar-refractivity contribution >= 4 is 17.9 Å². The fourth-order valence-electron chi connectivity index (χ4n) is 3.55. The van der Waals surface area contributed by atoms with Crippen molar-refractivity contribution < 1.29 is 19.4 Å². The highest BCUT2D eigenvalue weighted by molar-refractivity contribution is 5.89. The van der Waals surface area contributed by atoms with Gasteiger partial charge in [0.05, 0.1) is 0 Å². The van der Waals surface area contributed by atoms with Crippen LogP contribution in [0.15, 0.2) is 60.7 Å². The molecule has 1 aliphatic carbocycles. The second kappa shape index (κ2) is 7.15. The van der Waals surface area contributed by atoms with Gasteiger partial charge >= 0.3 is 12.1 Å². The summed E-state index contributed by atoms with van der Waals surface area (Å²) < 4.78 is 5.44. The number of hydrogen-bond acceptors (Lipinski definition) is 4. The number of pyridine rings is 1. The first-order chi connectivity index (χ1) is 13.5. The molecule has 1 amide bonds. The highest BCUT2D eigenvalue weighted by Gasteiger charge is 2.29. The van der Waals surface area contributed by atoms with Crippen LogP contribution in [-0.2, 0) is 4.74 Å². The molecule has 0 bridgehead atoms. The van der Waals surface area contributed by atoms with Crippen LogP contribution < -0.4 is 5.32 Å². The van der Waals surface area contributed by atoms with Crippen molar-refractivity contribution in [3.63, 3.8) is 0 Å². The van der Waals surface area contributed by atoms with Crippen LogP contribution in [0, 0.1) is 6.92 Å². The van der Waals surface area contributed by atoms with Crippen LogP contribution in [-0.4, -0.2) is 28.8 Å². The molecule has 28 heavy (non-hydrogen) atoms. The minimum Gasteiger partial charge on any atom is -0.477 e. The first-order valence-corrected chi connectivity index (χ1v) is 8.87. The molecule has 2 aromatic carbocycles. The Labute approximate surface area is 161 Å². The number of carboxylic acid groups (broad SMARTS) is 1. The van der Waals surface area contributed by atoms with E-state index in [4.69, 9.17) is 9.84 Å². The van der Waals surface area contributed by atoms with Crippen LogP contribution in [0.25, 0.3) is 11.1 Å². The zero-order valence-corrected chi connectivity index (χ0v) is 15.2. The number of hydrogen-bond donors (Lipinski definition) is 2. The lowest BCUT2D eigenvalue weighted by atomic mass is 9.98. The Bertz CT molecular complexity index is 1030. The molecule has 0 fully saturated rings. The Hall–Kier alpha value is -3.67. The molecule has 0 atom stereocenters. The van der Waals surface area contributed by atoms with Crippen molar-refractivity contribution in [3.05, 3.63) is 83.0 Å². The normalized spacial score (nSPS) is 12.2. The van der Waals surface area contributed by atoms with Gasteiger partial charge in [-0.05, 0) is 40.8 Å². The Morgan fingerprint density at radius 3 is 2.21 bits per heavy atom. The van der Waals surface area contributed by atoms with E-state index in [-0.39, 0.29) is 24.0 Å². The van der Waals surface area contributed by atoms with Crippen LogP contribution in [0.3, 0.4) is 0 Å². The number of ether oxygens (including phenoxy) is 1. The first-order valence-electron chi connectivity index (χ1n) is 8.87. The summed E-state index contributed by atoms with van der Waals surface area (Å²) >= 11 is 0. The van der Waals surface area contributed by atoms with E-state index in [1.54, 1.807) is 19.1 Å². The lowest BCUT2D eigenvalue weighted by Crippen LogP contribution is -2.19. The highest BCUT2D eigenvalue weighted by Crippen LogP contribution is 2.44. The fraction of sp³-hybridized carbons (Fsp3) is 0.136. The van der Waals surface area contributed by atoms with Crippen LogP contribution in [0.2, 0.25) is 0 Å². The van der Waals surface area contributed by atoms with Gasteiger partial charge < -0.3 is 9.84 Å². The third-order valence-corrected chi connectivity index (χ3v) is 4.87. The number of aryl methyl sites for hydroxylation is 1. The molecule has 0 radical (unpaired) electrons. The second-order valence-electron chi connectivity index (χ2n) is 6.62. The third-order valence-electron chi connectivity index (χ3n) is 4.87. The van der Waals surface area contributed by atoms with E-state index in [0.717, 1.165) is 22.3 Å². The molecule has 6 nitrogen and oxygen atoms in total. The molecular formula is C22H18N2O4. The van der Waals surface area contributed by atoms with Crippen molar-refractivity contribution in [2.24, 2.45) is 0 Å². The van der Waals surface area contributed by atoms with Crippen LogP contribution in [0.1, 0.15) is 33.1 Å². The lowest BCUT2D eigenvalue weighted by molar-refractivity contribution is 0.0689. The zero-order chi connectivity index (χ0) is 19.7. The Balaban J connectivity index is 1.49. The predicted molar refractivity (Wildman–Crippen MR) is 105 cm³/mol. The number of carbonyl (C=O) groups is 2. The number of carbonyl (C=O) groups excluding carboxylic acids is 1. The summed E-state index contributed by atoms with van der Waals surface area (Å²) in [7, 11) is 0. The molecule has 4 rings (SSSR count). The number of anilines is 1. The largest absolute Gasteiger partial charge is 0.477 e. The topological polar surface area (TPSA) is 88.5 Å². The molecular weight excluding hydrogens is 356 g/mol. The van der Waals surface area contributed by atoms with E-state index < -0.39 is 12.1 Å². The molecule has 140 valence electrons. The van der Waals surface area contributed by atoms with Gasteiger partial charge in [-0.3, -0.25) is 5.32 Å². The second-order valence-corrected chi connectivity index (χ2v) is 6.62. The summed E-state index contributed by atoms with van der Waals surface area (Å²) in [5.74, 6) is -1.05. The number of benzene rings is 2. The molecule has 1 aliphatic rings. The average Bonchev–Trinajstić information content (AvgIpc) is 3.01. The molecule has 2 N–H and O–H groups in total. The van der Waals surface area contributed by atoms with Gasteiger partial charge in [0.2, 0.25) is 0 Å². The van der Waals surface area contributed by atoms with Gasteiger partial charge in [0, 0.05) is 5.92 Å². The lowest BCUT2D eigenvalue weighted by Gasteiger charge is -2.14. The summed E-state index contributed by atoms with van der Waals surface area (Å²) in [4.78, 5) is 27.4. The SMILES string of the molecule is Cc1ccc(NC(=O)OCC2c3ccccc3-c3ccccc32)nc1C(=O)O. The molecule has 0 saturated heterocycles. The molecule has 6 heteroatoms. The van der Waals surface area contributed by atoms with E-state index in [1.165, 1.54) is 0 Å². The standard InChI is InChI=1S/C22H18N2O4/c1-13-10-11-19(23-20(13)21(25)26)24-22(27)28-12-18-16-8-4-2-6-14(16)15-7-3-5-9-17(15)18/h2-11,18H,12H2,1H3,(H,25,26)(H,23,24,27). The maximum absolute atomic E-state index is 12.2. The number of amides is 1. The van der Waals surface area contributed by atoms with Gasteiger partial charge in [-0.25, -0.2) is 14.6 Å². The number of aromatic carboxylic acids is 1. The summed E-state index contributed by atoms with van der Waals surface area (Å²) in [5, 5.41) is 11.7. The zero-order valence-electron chi connectivity index (χ0n) is 15.2. The third kappa shape index (κ3) is 3.20. The van der Waals surface area contributed by atoms with Crippen molar-refractivity contribution in [1.82, 2.24) is 4.98 Å². The Morgan fingerprint density at radius 1 is 1.00 bits per heavy atom. The Morgan fingerprint density at radius 2 is 1.61 bits per heavy atom. The van der Waals surface area contributed by atoms with Crippen molar-refractivity contribution in [1.29, 1.82) is 0 Å². The van der Waals surface area contributed by atoms with Gasteiger partial charge in [-0.2, -0.15) is 0 Å². The number of rotatable bonds is 4. The van der Waals surface area contributed by atoms with Crippen LogP contribution in [0.4, 0.5) is 10.6 Å². The van der Waals surface area contributed by atoms with Crippen molar-refractivity contribution in [3.8, 4) is 11.1 Å². The summed E-state index contributed by atoms with van der Waals surface area (Å²) in [6.07, 6.45) is -0.672. The molecule has 3 aromatic rings. The van der Waals surface area contributed by atoms with Crippen LogP contribution >= 0.6 is 0 Å². The fourth-order valence-corrected chi connectivity index (χ4v) is 3.55. The maximum atomic E-state index is 12.2. The van der Waals surface area contributed by atoms with E-state index in [0.29, 0.717) is 5.56 Å². The summed E-state index contributed by atoms with van der Waals surface area (Å²) in [6.45, 7) is 1.82. The van der Waals surface area contributed by atoms with E-state index in [1.807, 2.05) is 36.4 Å². The average molecular weight is 374 g/mol. The summed E-state index contributed by atoms with van der Waals surface area (Å²) in [6, 6.07) is 19.3. The van der Waals surface area contributed by atoms with E-state index >= 15 is 0 Å². The summed E-state index contributed by atoms with van der Waals surface area (Å²) in [5.41, 5.74) is 4.97. The van der Waals surface area contributed by atoms with Crippen LogP contribution in [0.5, 0.6) is 0 Å². The predicted octanol–water partition coefficient (Wildman–Crippen LogP) is 4.45. The van der Waals surface area contributed by atoms with Gasteiger partial charge in [0.1, 0.15) is 12.4 Å². The van der Waals surface area contributed by atoms with E-state index in [2.05, 4.69) is 22.4 Å². The molecule has 0 saturated carbocycles. The molecule has 0 spiro atoms. The van der Waals surface area contributed by atoms with Gasteiger partial charge in [0.15, 0.2) is 5.69 Å². The first kappa shape index (κ1) is 17.7. The molecule has 1 heterocycles. The van der Waals surface area contributed by atoms with Gasteiger partial charge in [0.25, 0.3) is 0 Å². The smallest absolute Gasteiger partial charge is 0.412 e. The number of nitrogens with one attached hydrogen (secondary N) is 1. The number of carboxylic acids is 1. The number of nitrogens with zero attached hydrogens (tertiary/aromatic N) is 1. The van der Waals surface area contributed by atoms with E-state index in [9.17, 15) is 9.59 Å². The number of fused-ring (bicyclic) bond motifs is 3. The molecule has 0 unspecified atom stereocenters. The molecule has 1 aromatic heterocycles. The Kier molecular flexibility index (Phi) is 4.53. The van der Waals surface area contributed by atoms with Crippen molar-refractivity contribution in [2.75, 3.05) is 11.9 Å². The minimum absolute atomic E-state index is 0.0429. The minimum atomic E-state index is -1.14. The van der Waals surface area contributed by atoms with Crippen molar-refractivity contribution in [2.45, 2.75) is 12.8 Å². The maximum Gasteiger partial charge on any atom is 0.412 e. The number of aromatic nitrogens is 1. The molecule has 0 aliphatic heterocycles. The van der Waals surface area contributed by atoms with Gasteiger partial charge in [-0.1, -0.05) is 54.6 Å². The quantitative estimate of drug-likeness (QED) is 0.704. The van der Waals surface area contributed by atoms with Gasteiger partial charge in [-0.15, -0.1) is 0 Å². The highest BCUT2D eigenvalue weighted by atomic mass is 16.5.